The summed E-state index contributed by atoms with van der Waals surface area (Å²) >= 11 is 13.9. The molecule has 2 aromatic carbocycles. The Balaban J connectivity index is 1.95. The van der Waals surface area contributed by atoms with Crippen molar-refractivity contribution in [3.05, 3.63) is 74.6 Å². The van der Waals surface area contributed by atoms with Gasteiger partial charge in [0.05, 0.1) is 5.03 Å². The topological polar surface area (TPSA) is 79.0 Å². The van der Waals surface area contributed by atoms with Gasteiger partial charge in [-0.15, -0.1) is 11.8 Å². The molecule has 2 N–H and O–H groups in total. The van der Waals surface area contributed by atoms with Crippen molar-refractivity contribution < 1.29 is 13.2 Å². The maximum Gasteiger partial charge on any atom is 0.265 e. The highest BCUT2D eigenvalue weighted by Crippen LogP contribution is 2.33. The Hall–Kier alpha value is -1.93. The molecular formula is C22H22Cl2N2O3S2. The first-order valence-electron chi connectivity index (χ1n) is 9.60. The fourth-order valence-electron chi connectivity index (χ4n) is 3.15. The molecule has 0 spiro atoms. The van der Waals surface area contributed by atoms with Gasteiger partial charge < -0.3 is 4.98 Å². The van der Waals surface area contributed by atoms with Crippen molar-refractivity contribution in [3.63, 3.8) is 0 Å². The van der Waals surface area contributed by atoms with Crippen LogP contribution in [-0.2, 0) is 16.4 Å². The van der Waals surface area contributed by atoms with Crippen LogP contribution in [0.5, 0.6) is 0 Å². The molecule has 164 valence electrons. The Morgan fingerprint density at radius 2 is 1.97 bits per heavy atom. The van der Waals surface area contributed by atoms with Gasteiger partial charge in [0.25, 0.3) is 15.9 Å². The van der Waals surface area contributed by atoms with Gasteiger partial charge in [0.15, 0.2) is 0 Å². The van der Waals surface area contributed by atoms with Crippen LogP contribution in [0.2, 0.25) is 10.0 Å². The number of carbonyl (C=O) groups is 1. The van der Waals surface area contributed by atoms with Crippen LogP contribution in [0.15, 0.2) is 52.9 Å². The minimum absolute atomic E-state index is 0.259. The van der Waals surface area contributed by atoms with Gasteiger partial charge in [-0.1, -0.05) is 48.7 Å². The summed E-state index contributed by atoms with van der Waals surface area (Å²) in [7, 11) is -3.84. The SMILES string of the molecule is CCCC=CS(=O)(=O)NC(=O)c1ccc2[nH]c(SC)c(Cc3ccc(Cl)cc3Cl)c2c1. The molecule has 0 unspecified atom stereocenters. The number of carbonyl (C=O) groups excluding carboxylic acids is 1. The molecular weight excluding hydrogens is 475 g/mol. The molecule has 0 fully saturated rings. The molecule has 31 heavy (non-hydrogen) atoms. The van der Waals surface area contributed by atoms with Crippen LogP contribution in [0.1, 0.15) is 41.3 Å². The summed E-state index contributed by atoms with van der Waals surface area (Å²) in [5.41, 5.74) is 2.99. The maximum atomic E-state index is 12.6. The van der Waals surface area contributed by atoms with E-state index in [9.17, 15) is 13.2 Å². The second kappa shape index (κ2) is 10.1. The van der Waals surface area contributed by atoms with Crippen LogP contribution in [-0.4, -0.2) is 25.6 Å². The maximum absolute atomic E-state index is 12.6. The highest BCUT2D eigenvalue weighted by molar-refractivity contribution is 7.98. The number of fused-ring (bicyclic) bond motifs is 1. The number of unbranched alkanes of at least 4 members (excludes halogenated alkanes) is 1. The molecule has 3 rings (SSSR count). The molecule has 0 radical (unpaired) electrons. The van der Waals surface area contributed by atoms with Gasteiger partial charge in [0, 0.05) is 38.3 Å². The van der Waals surface area contributed by atoms with Crippen molar-refractivity contribution in [1.82, 2.24) is 9.71 Å². The van der Waals surface area contributed by atoms with E-state index in [4.69, 9.17) is 23.2 Å². The summed E-state index contributed by atoms with van der Waals surface area (Å²) < 4.78 is 26.3. The molecule has 1 aromatic heterocycles. The quantitative estimate of drug-likeness (QED) is 0.366. The van der Waals surface area contributed by atoms with Gasteiger partial charge in [-0.05, 0) is 54.1 Å². The zero-order valence-electron chi connectivity index (χ0n) is 17.0. The summed E-state index contributed by atoms with van der Waals surface area (Å²) in [6, 6.07) is 10.4. The van der Waals surface area contributed by atoms with E-state index in [0.717, 1.165) is 38.9 Å². The highest BCUT2D eigenvalue weighted by atomic mass is 35.5. The predicted molar refractivity (Wildman–Crippen MR) is 130 cm³/mol. The number of aromatic amines is 1. The van der Waals surface area contributed by atoms with Crippen LogP contribution in [0.3, 0.4) is 0 Å². The summed E-state index contributed by atoms with van der Waals surface area (Å²) in [4.78, 5) is 15.9. The fraction of sp³-hybridized carbons (Fsp3) is 0.227. The van der Waals surface area contributed by atoms with Crippen molar-refractivity contribution in [2.45, 2.75) is 31.2 Å². The van der Waals surface area contributed by atoms with E-state index in [1.54, 1.807) is 42.1 Å². The van der Waals surface area contributed by atoms with E-state index in [-0.39, 0.29) is 5.56 Å². The number of allylic oxidation sites excluding steroid dienone is 1. The van der Waals surface area contributed by atoms with E-state index in [1.807, 2.05) is 19.2 Å². The lowest BCUT2D eigenvalue weighted by Crippen LogP contribution is -2.28. The van der Waals surface area contributed by atoms with E-state index < -0.39 is 15.9 Å². The van der Waals surface area contributed by atoms with Crippen molar-refractivity contribution in [2.75, 3.05) is 6.26 Å². The van der Waals surface area contributed by atoms with E-state index in [1.165, 1.54) is 6.08 Å². The lowest BCUT2D eigenvalue weighted by Gasteiger charge is -2.07. The van der Waals surface area contributed by atoms with Crippen molar-refractivity contribution in [3.8, 4) is 0 Å². The van der Waals surface area contributed by atoms with Crippen molar-refractivity contribution in [2.24, 2.45) is 0 Å². The van der Waals surface area contributed by atoms with Gasteiger partial charge in [-0.25, -0.2) is 13.1 Å². The number of aromatic nitrogens is 1. The molecule has 1 heterocycles. The molecule has 0 saturated carbocycles. The summed E-state index contributed by atoms with van der Waals surface area (Å²) in [6.45, 7) is 1.94. The number of halogens is 2. The van der Waals surface area contributed by atoms with Gasteiger partial charge >= 0.3 is 0 Å². The molecule has 0 aliphatic heterocycles. The van der Waals surface area contributed by atoms with Gasteiger partial charge in [0.2, 0.25) is 0 Å². The van der Waals surface area contributed by atoms with E-state index in [0.29, 0.717) is 22.9 Å². The number of H-pyrrole nitrogens is 1. The monoisotopic (exact) mass is 496 g/mol. The normalized spacial score (nSPS) is 12.0. The second-order valence-corrected chi connectivity index (χ2v) is 10.2. The summed E-state index contributed by atoms with van der Waals surface area (Å²) in [5.74, 6) is -0.676. The molecule has 0 aliphatic carbocycles. The van der Waals surface area contributed by atoms with Gasteiger partial charge in [-0.2, -0.15) is 0 Å². The van der Waals surface area contributed by atoms with Crippen LogP contribution in [0.4, 0.5) is 0 Å². The number of thioether (sulfide) groups is 1. The average molecular weight is 497 g/mol. The van der Waals surface area contributed by atoms with Crippen LogP contribution in [0, 0.1) is 0 Å². The first kappa shape index (κ1) is 23.7. The molecule has 0 atom stereocenters. The minimum Gasteiger partial charge on any atom is -0.349 e. The summed E-state index contributed by atoms with van der Waals surface area (Å²) in [5, 5.41) is 3.94. The summed E-state index contributed by atoms with van der Waals surface area (Å²) in [6.07, 6.45) is 5.47. The van der Waals surface area contributed by atoms with Crippen molar-refractivity contribution >= 4 is 61.8 Å². The minimum atomic E-state index is -3.84. The third kappa shape index (κ3) is 5.86. The smallest absolute Gasteiger partial charge is 0.265 e. The Morgan fingerprint density at radius 3 is 2.65 bits per heavy atom. The first-order chi connectivity index (χ1) is 14.7. The molecule has 5 nitrogen and oxygen atoms in total. The largest absolute Gasteiger partial charge is 0.349 e. The highest BCUT2D eigenvalue weighted by Gasteiger charge is 2.18. The number of sulfonamides is 1. The van der Waals surface area contributed by atoms with Crippen LogP contribution in [0.25, 0.3) is 10.9 Å². The van der Waals surface area contributed by atoms with E-state index in [2.05, 4.69) is 9.71 Å². The fourth-order valence-corrected chi connectivity index (χ4v) is 5.10. The average Bonchev–Trinajstić information content (AvgIpc) is 3.06. The first-order valence-corrected chi connectivity index (χ1v) is 13.1. The van der Waals surface area contributed by atoms with Gasteiger partial charge in [-0.3, -0.25) is 4.79 Å². The third-order valence-corrected chi connectivity index (χ3v) is 7.05. The van der Waals surface area contributed by atoms with Crippen LogP contribution < -0.4 is 4.72 Å². The number of benzene rings is 2. The molecule has 0 saturated heterocycles. The standard InChI is InChI=1S/C22H22Cl2N2O3S2/c1-3-4-5-10-31(28,29)26-21(27)15-7-9-20-17(12-15)18(22(25-20)30-2)11-14-6-8-16(23)13-19(14)24/h5-10,12-13,25H,3-4,11H2,1-2H3,(H,26,27). The lowest BCUT2D eigenvalue weighted by molar-refractivity contribution is 0.0982. The van der Waals surface area contributed by atoms with Gasteiger partial charge in [0.1, 0.15) is 0 Å². The number of hydrogen-bond donors (Lipinski definition) is 2. The predicted octanol–water partition coefficient (Wildman–Crippen LogP) is 6.16. The lowest BCUT2D eigenvalue weighted by atomic mass is 10.0. The Bertz CT molecular complexity index is 1250. The van der Waals surface area contributed by atoms with Crippen LogP contribution >= 0.6 is 35.0 Å². The molecule has 9 heteroatoms. The number of rotatable bonds is 8. The Kier molecular flexibility index (Phi) is 7.75. The molecule has 0 aliphatic rings. The number of nitrogens with one attached hydrogen (secondary N) is 2. The zero-order valence-corrected chi connectivity index (χ0v) is 20.2. The number of hydrogen-bond acceptors (Lipinski definition) is 4. The Morgan fingerprint density at radius 1 is 1.19 bits per heavy atom. The van der Waals surface area contributed by atoms with E-state index >= 15 is 0 Å². The second-order valence-electron chi connectivity index (χ2n) is 6.95. The zero-order chi connectivity index (χ0) is 22.6. The molecule has 0 bridgehead atoms. The third-order valence-electron chi connectivity index (χ3n) is 4.68. The Labute approximate surface area is 196 Å². The van der Waals surface area contributed by atoms with Crippen molar-refractivity contribution in [1.29, 1.82) is 0 Å². The molecule has 3 aromatic rings. The molecule has 1 amide bonds. The number of amides is 1.